The third-order valence-electron chi connectivity index (χ3n) is 2.58. The predicted octanol–water partition coefficient (Wildman–Crippen LogP) is 3.59. The molecule has 0 heterocycles. The van der Waals surface area contributed by atoms with Crippen molar-refractivity contribution in [1.29, 1.82) is 0 Å². The molecule has 3 N–H and O–H groups in total. The number of nitrogen functional groups attached to an aromatic ring is 1. The van der Waals surface area contributed by atoms with Gasteiger partial charge in [-0.3, -0.25) is 4.79 Å². The first-order chi connectivity index (χ1) is 8.58. The highest BCUT2D eigenvalue weighted by Gasteiger charge is 2.10. The van der Waals surface area contributed by atoms with Crippen LogP contribution in [0.3, 0.4) is 0 Å². The van der Waals surface area contributed by atoms with Crippen LogP contribution in [0.2, 0.25) is 0 Å². The maximum absolute atomic E-state index is 12.0. The molecule has 3 nitrogen and oxygen atoms in total. The molecule has 0 aliphatic carbocycles. The van der Waals surface area contributed by atoms with E-state index < -0.39 is 0 Å². The third-order valence-corrected chi connectivity index (χ3v) is 3.21. The number of nitrogens with one attached hydrogen (secondary N) is 1. The molecule has 0 saturated carbocycles. The minimum absolute atomic E-state index is 0.135. The Morgan fingerprint density at radius 3 is 2.50 bits per heavy atom. The zero-order valence-electron chi connectivity index (χ0n) is 9.91. The van der Waals surface area contributed by atoms with E-state index in [0.29, 0.717) is 11.3 Å². The second kappa shape index (κ2) is 5.23. The lowest BCUT2D eigenvalue weighted by Crippen LogP contribution is -2.13. The summed E-state index contributed by atoms with van der Waals surface area (Å²) < 4.78 is 0.782. The first kappa shape index (κ1) is 12.6. The number of nitrogens with two attached hydrogens (primary N) is 1. The Morgan fingerprint density at radius 2 is 1.89 bits per heavy atom. The van der Waals surface area contributed by atoms with Gasteiger partial charge in [-0.05, 0) is 52.7 Å². The van der Waals surface area contributed by atoms with E-state index in [4.69, 9.17) is 5.73 Å². The molecule has 0 fully saturated rings. The van der Waals surface area contributed by atoms with Gasteiger partial charge in [-0.25, -0.2) is 0 Å². The number of halogens is 1. The summed E-state index contributed by atoms with van der Waals surface area (Å²) in [6.45, 7) is 1.90. The minimum Gasteiger partial charge on any atom is -0.399 e. The normalized spacial score (nSPS) is 10.1. The van der Waals surface area contributed by atoms with E-state index in [-0.39, 0.29) is 5.91 Å². The van der Waals surface area contributed by atoms with Gasteiger partial charge in [0.15, 0.2) is 0 Å². The molecule has 0 unspecified atom stereocenters. The van der Waals surface area contributed by atoms with E-state index in [1.165, 1.54) is 0 Å². The van der Waals surface area contributed by atoms with E-state index in [2.05, 4.69) is 21.2 Å². The van der Waals surface area contributed by atoms with Gasteiger partial charge in [0.05, 0.1) is 5.69 Å². The van der Waals surface area contributed by atoms with Crippen molar-refractivity contribution >= 4 is 33.2 Å². The van der Waals surface area contributed by atoms with Gasteiger partial charge in [0.2, 0.25) is 0 Å². The molecule has 0 saturated heterocycles. The van der Waals surface area contributed by atoms with Gasteiger partial charge in [-0.15, -0.1) is 0 Å². The molecule has 0 aliphatic heterocycles. The molecular weight excluding hydrogens is 292 g/mol. The highest BCUT2D eigenvalue weighted by molar-refractivity contribution is 9.10. The Bertz CT molecular complexity index is 559. The van der Waals surface area contributed by atoms with E-state index in [0.717, 1.165) is 15.7 Å². The lowest BCUT2D eigenvalue weighted by Gasteiger charge is -2.11. The Kier molecular flexibility index (Phi) is 3.67. The van der Waals surface area contributed by atoms with Crippen LogP contribution in [0.4, 0.5) is 11.4 Å². The average Bonchev–Trinajstić information content (AvgIpc) is 2.34. The summed E-state index contributed by atoms with van der Waals surface area (Å²) in [5.41, 5.74) is 8.69. The van der Waals surface area contributed by atoms with Crippen molar-refractivity contribution in [2.45, 2.75) is 6.92 Å². The van der Waals surface area contributed by atoms with Crippen LogP contribution in [0.1, 0.15) is 15.9 Å². The molecule has 2 aromatic carbocycles. The molecule has 1 amide bonds. The zero-order valence-corrected chi connectivity index (χ0v) is 11.5. The Balaban J connectivity index is 2.28. The number of anilines is 2. The van der Waals surface area contributed by atoms with Gasteiger partial charge in [0.25, 0.3) is 5.91 Å². The summed E-state index contributed by atoms with van der Waals surface area (Å²) in [6.07, 6.45) is 0. The van der Waals surface area contributed by atoms with Gasteiger partial charge >= 0.3 is 0 Å². The maximum atomic E-state index is 12.0. The third kappa shape index (κ3) is 2.71. The van der Waals surface area contributed by atoms with Crippen molar-refractivity contribution in [3.05, 3.63) is 58.1 Å². The number of rotatable bonds is 2. The molecule has 2 rings (SSSR count). The number of hydrogen-bond acceptors (Lipinski definition) is 2. The van der Waals surface area contributed by atoms with Crippen LogP contribution in [-0.2, 0) is 0 Å². The molecular formula is C14H13BrN2O. The van der Waals surface area contributed by atoms with Gasteiger partial charge in [-0.1, -0.05) is 18.2 Å². The summed E-state index contributed by atoms with van der Waals surface area (Å²) >= 11 is 3.40. The Labute approximate surface area is 114 Å². The molecule has 0 atom stereocenters. The fourth-order valence-electron chi connectivity index (χ4n) is 1.70. The Morgan fingerprint density at radius 1 is 1.22 bits per heavy atom. The van der Waals surface area contributed by atoms with E-state index in [1.54, 1.807) is 18.2 Å². The number of aryl methyl sites for hydroxylation is 1. The first-order valence-corrected chi connectivity index (χ1v) is 6.29. The topological polar surface area (TPSA) is 55.1 Å². The summed E-state index contributed by atoms with van der Waals surface area (Å²) in [6, 6.07) is 12.7. The standard InChI is InChI=1S/C14H13BrN2O/c1-9-7-11(16)8-12(15)13(9)17-14(18)10-5-3-2-4-6-10/h2-8H,16H2,1H3,(H,17,18). The van der Waals surface area contributed by atoms with Crippen molar-refractivity contribution in [3.8, 4) is 0 Å². The van der Waals surface area contributed by atoms with E-state index in [9.17, 15) is 4.79 Å². The summed E-state index contributed by atoms with van der Waals surface area (Å²) in [5.74, 6) is -0.135. The second-order valence-electron chi connectivity index (χ2n) is 4.01. The van der Waals surface area contributed by atoms with Crippen molar-refractivity contribution in [3.63, 3.8) is 0 Å². The predicted molar refractivity (Wildman–Crippen MR) is 77.7 cm³/mol. The van der Waals surface area contributed by atoms with E-state index >= 15 is 0 Å². The van der Waals surface area contributed by atoms with Crippen LogP contribution >= 0.6 is 15.9 Å². The van der Waals surface area contributed by atoms with Crippen LogP contribution in [0, 0.1) is 6.92 Å². The van der Waals surface area contributed by atoms with Crippen LogP contribution in [0.15, 0.2) is 46.9 Å². The highest BCUT2D eigenvalue weighted by atomic mass is 79.9. The molecule has 18 heavy (non-hydrogen) atoms. The smallest absolute Gasteiger partial charge is 0.255 e. The summed E-state index contributed by atoms with van der Waals surface area (Å²) in [7, 11) is 0. The van der Waals surface area contributed by atoms with Crippen LogP contribution in [0.5, 0.6) is 0 Å². The van der Waals surface area contributed by atoms with Gasteiger partial charge < -0.3 is 11.1 Å². The molecule has 0 bridgehead atoms. The molecule has 2 aromatic rings. The molecule has 0 spiro atoms. The number of hydrogen-bond donors (Lipinski definition) is 2. The average molecular weight is 305 g/mol. The van der Waals surface area contributed by atoms with Gasteiger partial charge in [0, 0.05) is 15.7 Å². The largest absolute Gasteiger partial charge is 0.399 e. The molecule has 0 radical (unpaired) electrons. The second-order valence-corrected chi connectivity index (χ2v) is 4.87. The van der Waals surface area contributed by atoms with Crippen molar-refractivity contribution < 1.29 is 4.79 Å². The van der Waals surface area contributed by atoms with Crippen molar-refractivity contribution in [2.24, 2.45) is 0 Å². The highest BCUT2D eigenvalue weighted by Crippen LogP contribution is 2.29. The monoisotopic (exact) mass is 304 g/mol. The molecule has 4 heteroatoms. The zero-order chi connectivity index (χ0) is 13.1. The quantitative estimate of drug-likeness (QED) is 0.833. The summed E-state index contributed by atoms with van der Waals surface area (Å²) in [5, 5.41) is 2.88. The number of amides is 1. The Hall–Kier alpha value is -1.81. The number of carbonyl (C=O) groups excluding carboxylic acids is 1. The molecule has 92 valence electrons. The van der Waals surface area contributed by atoms with Crippen LogP contribution < -0.4 is 11.1 Å². The molecule has 0 aliphatic rings. The van der Waals surface area contributed by atoms with Crippen LogP contribution in [-0.4, -0.2) is 5.91 Å². The van der Waals surface area contributed by atoms with Crippen molar-refractivity contribution in [1.82, 2.24) is 0 Å². The van der Waals surface area contributed by atoms with Crippen LogP contribution in [0.25, 0.3) is 0 Å². The fraction of sp³-hybridized carbons (Fsp3) is 0.0714. The number of benzene rings is 2. The van der Waals surface area contributed by atoms with E-state index in [1.807, 2.05) is 31.2 Å². The lowest BCUT2D eigenvalue weighted by molar-refractivity contribution is 0.102. The lowest BCUT2D eigenvalue weighted by atomic mass is 10.1. The first-order valence-electron chi connectivity index (χ1n) is 5.50. The molecule has 0 aromatic heterocycles. The van der Waals surface area contributed by atoms with Gasteiger partial charge in [0.1, 0.15) is 0 Å². The minimum atomic E-state index is -0.135. The van der Waals surface area contributed by atoms with Crippen molar-refractivity contribution in [2.75, 3.05) is 11.1 Å². The SMILES string of the molecule is Cc1cc(N)cc(Br)c1NC(=O)c1ccccc1. The fourth-order valence-corrected chi connectivity index (χ4v) is 2.38. The summed E-state index contributed by atoms with van der Waals surface area (Å²) in [4.78, 5) is 12.0. The number of carbonyl (C=O) groups is 1. The van der Waals surface area contributed by atoms with Gasteiger partial charge in [-0.2, -0.15) is 0 Å². The maximum Gasteiger partial charge on any atom is 0.255 e.